The third kappa shape index (κ3) is 10.2. The first-order chi connectivity index (χ1) is 25.2. The highest BCUT2D eigenvalue weighted by Gasteiger charge is 2.30. The molecular formula is C37H44BN7O7. The largest absolute Gasteiger partial charge is 0.488 e. The first kappa shape index (κ1) is 37.6. The number of carbonyl (C=O) groups excluding carboxylic acids is 5. The lowest BCUT2D eigenvalue weighted by molar-refractivity contribution is -0.127. The van der Waals surface area contributed by atoms with Crippen LogP contribution in [-0.4, -0.2) is 101 Å². The van der Waals surface area contributed by atoms with Crippen molar-refractivity contribution in [3.63, 3.8) is 0 Å². The number of Topliss-reactive ketones (excluding diaryl/α,β-unsaturated/α-hetero) is 1. The van der Waals surface area contributed by atoms with Gasteiger partial charge in [-0.1, -0.05) is 68.1 Å². The third-order valence-corrected chi connectivity index (χ3v) is 8.92. The van der Waals surface area contributed by atoms with E-state index < -0.39 is 18.8 Å². The lowest BCUT2D eigenvalue weighted by Crippen LogP contribution is -2.52. The van der Waals surface area contributed by atoms with E-state index in [4.69, 9.17) is 10.0 Å². The SMILES string of the molecule is O=C(NCCCCCCCCNC(=O)Nc1cccc2c(C(=O)C(=O)N3CCN(C(=O)c4ccccc4)CC3)c[nH]c12)Nc1ccc(B(O)O)cc1. The van der Waals surface area contributed by atoms with Crippen LogP contribution >= 0.6 is 0 Å². The summed E-state index contributed by atoms with van der Waals surface area (Å²) in [5, 5.41) is 30.0. The molecule has 0 bridgehead atoms. The van der Waals surface area contributed by atoms with Gasteiger partial charge in [0.05, 0.1) is 16.8 Å². The van der Waals surface area contributed by atoms with Gasteiger partial charge in [0, 0.05) is 62.1 Å². The highest BCUT2D eigenvalue weighted by molar-refractivity contribution is 6.58. The molecule has 52 heavy (non-hydrogen) atoms. The number of H-pyrrole nitrogens is 1. The predicted octanol–water partition coefficient (Wildman–Crippen LogP) is 3.30. The molecule has 15 heteroatoms. The zero-order valence-electron chi connectivity index (χ0n) is 28.9. The Morgan fingerprint density at radius 3 is 1.90 bits per heavy atom. The molecule has 3 aromatic carbocycles. The molecule has 6 amide bonds. The zero-order chi connectivity index (χ0) is 36.9. The first-order valence-corrected chi connectivity index (χ1v) is 17.5. The highest BCUT2D eigenvalue weighted by atomic mass is 16.4. The number of ketones is 1. The number of hydrogen-bond acceptors (Lipinski definition) is 7. The molecule has 0 atom stereocenters. The second-order valence-electron chi connectivity index (χ2n) is 12.6. The third-order valence-electron chi connectivity index (χ3n) is 8.92. The van der Waals surface area contributed by atoms with E-state index in [1.165, 1.54) is 23.2 Å². The van der Waals surface area contributed by atoms with Gasteiger partial charge in [-0.15, -0.1) is 0 Å². The van der Waals surface area contributed by atoms with E-state index in [9.17, 15) is 24.0 Å². The molecule has 0 aliphatic carbocycles. The summed E-state index contributed by atoms with van der Waals surface area (Å²) in [6.07, 6.45) is 7.03. The fourth-order valence-corrected chi connectivity index (χ4v) is 6.02. The summed E-state index contributed by atoms with van der Waals surface area (Å²) >= 11 is 0. The van der Waals surface area contributed by atoms with E-state index in [1.54, 1.807) is 59.5 Å². The molecule has 272 valence electrons. The maximum Gasteiger partial charge on any atom is 0.488 e. The minimum Gasteiger partial charge on any atom is -0.423 e. The van der Waals surface area contributed by atoms with Crippen LogP contribution in [0.2, 0.25) is 0 Å². The standard InChI is InChI=1S/C37H44BN7O7/c46-33(35(48)45-23-21-44(22-24-45)34(47)26-11-6-5-7-12-26)30-25-41-32-29(30)13-10-14-31(32)43-37(50)40-20-9-4-2-1-3-8-19-39-36(49)42-28-17-15-27(16-18-28)38(51)52/h5-7,10-18,25,41,51-52H,1-4,8-9,19-24H2,(H2,39,42,49)(H2,40,43,50). The molecule has 0 radical (unpaired) electrons. The van der Waals surface area contributed by atoms with Gasteiger partial charge in [-0.05, 0) is 48.6 Å². The molecule has 1 saturated heterocycles. The number of urea groups is 2. The molecule has 0 spiro atoms. The summed E-state index contributed by atoms with van der Waals surface area (Å²) in [7, 11) is -1.55. The number of hydrogen-bond donors (Lipinski definition) is 7. The Bertz CT molecular complexity index is 1840. The van der Waals surface area contributed by atoms with Crippen molar-refractivity contribution >= 4 is 64.5 Å². The molecule has 1 aliphatic heterocycles. The molecule has 2 heterocycles. The second kappa shape index (κ2) is 18.5. The Morgan fingerprint density at radius 2 is 1.27 bits per heavy atom. The zero-order valence-corrected chi connectivity index (χ0v) is 28.9. The lowest BCUT2D eigenvalue weighted by atomic mass is 9.80. The number of aromatic amines is 1. The fraction of sp³-hybridized carbons (Fsp3) is 0.324. The summed E-state index contributed by atoms with van der Waals surface area (Å²) in [4.78, 5) is 70.1. The van der Waals surface area contributed by atoms with Crippen molar-refractivity contribution < 1.29 is 34.0 Å². The molecule has 14 nitrogen and oxygen atoms in total. The Hall–Kier alpha value is -5.67. The first-order valence-electron chi connectivity index (χ1n) is 17.5. The van der Waals surface area contributed by atoms with Gasteiger partial charge in [0.15, 0.2) is 0 Å². The van der Waals surface area contributed by atoms with Crippen LogP contribution in [0.3, 0.4) is 0 Å². The van der Waals surface area contributed by atoms with Crippen molar-refractivity contribution in [2.75, 3.05) is 49.9 Å². The number of fused-ring (bicyclic) bond motifs is 1. The maximum atomic E-state index is 13.3. The number of rotatable bonds is 15. The van der Waals surface area contributed by atoms with Gasteiger partial charge in [0.1, 0.15) is 0 Å². The Morgan fingerprint density at radius 1 is 0.673 bits per heavy atom. The minimum absolute atomic E-state index is 0.103. The molecule has 7 N–H and O–H groups in total. The molecule has 0 saturated carbocycles. The average molecular weight is 710 g/mol. The summed E-state index contributed by atoms with van der Waals surface area (Å²) in [6, 6.07) is 19.7. The van der Waals surface area contributed by atoms with E-state index in [-0.39, 0.29) is 36.6 Å². The van der Waals surface area contributed by atoms with E-state index in [0.717, 1.165) is 38.5 Å². The van der Waals surface area contributed by atoms with Gasteiger partial charge < -0.3 is 46.1 Å². The van der Waals surface area contributed by atoms with Crippen molar-refractivity contribution in [1.82, 2.24) is 25.4 Å². The summed E-state index contributed by atoms with van der Waals surface area (Å²) in [6.45, 7) is 2.22. The van der Waals surface area contributed by atoms with Gasteiger partial charge in [-0.3, -0.25) is 14.4 Å². The van der Waals surface area contributed by atoms with Crippen LogP contribution in [0, 0.1) is 0 Å². The van der Waals surface area contributed by atoms with Crippen molar-refractivity contribution in [2.45, 2.75) is 38.5 Å². The molecule has 0 unspecified atom stereocenters. The van der Waals surface area contributed by atoms with Gasteiger partial charge >= 0.3 is 19.2 Å². The van der Waals surface area contributed by atoms with Crippen LogP contribution < -0.4 is 26.7 Å². The number of benzene rings is 3. The number of nitrogens with one attached hydrogen (secondary N) is 5. The number of anilines is 2. The van der Waals surface area contributed by atoms with Crippen LogP contribution in [0.15, 0.2) is 79.0 Å². The lowest BCUT2D eigenvalue weighted by Gasteiger charge is -2.34. The summed E-state index contributed by atoms with van der Waals surface area (Å²) < 4.78 is 0. The van der Waals surface area contributed by atoms with Gasteiger partial charge in [0.2, 0.25) is 0 Å². The summed E-state index contributed by atoms with van der Waals surface area (Å²) in [5.41, 5.74) is 2.73. The number of piperazine rings is 1. The maximum absolute atomic E-state index is 13.3. The Labute approximate surface area is 302 Å². The number of carbonyl (C=O) groups is 5. The molecule has 1 aromatic heterocycles. The van der Waals surface area contributed by atoms with Crippen molar-refractivity contribution in [3.8, 4) is 0 Å². The highest BCUT2D eigenvalue weighted by Crippen LogP contribution is 2.26. The topological polar surface area (TPSA) is 196 Å². The van der Waals surface area contributed by atoms with Crippen molar-refractivity contribution in [3.05, 3.63) is 90.1 Å². The quantitative estimate of drug-likeness (QED) is 0.0426. The van der Waals surface area contributed by atoms with Crippen LogP contribution in [0.4, 0.5) is 21.0 Å². The van der Waals surface area contributed by atoms with Gasteiger partial charge in [-0.2, -0.15) is 0 Å². The molecule has 1 fully saturated rings. The van der Waals surface area contributed by atoms with Crippen LogP contribution in [0.25, 0.3) is 10.9 Å². The van der Waals surface area contributed by atoms with Gasteiger partial charge in [-0.25, -0.2) is 9.59 Å². The van der Waals surface area contributed by atoms with Crippen molar-refractivity contribution in [2.24, 2.45) is 0 Å². The van der Waals surface area contributed by atoms with Gasteiger partial charge in [0.25, 0.3) is 17.6 Å². The smallest absolute Gasteiger partial charge is 0.423 e. The number of amides is 6. The number of unbranched alkanes of at least 4 members (excludes halogenated alkanes) is 5. The molecular weight excluding hydrogens is 665 g/mol. The minimum atomic E-state index is -1.55. The number of aromatic nitrogens is 1. The summed E-state index contributed by atoms with van der Waals surface area (Å²) in [5.74, 6) is -1.38. The van der Waals surface area contributed by atoms with E-state index in [0.29, 0.717) is 59.5 Å². The van der Waals surface area contributed by atoms with E-state index >= 15 is 0 Å². The van der Waals surface area contributed by atoms with E-state index in [2.05, 4.69) is 26.3 Å². The fourth-order valence-electron chi connectivity index (χ4n) is 6.02. The normalized spacial score (nSPS) is 12.7. The van der Waals surface area contributed by atoms with Crippen LogP contribution in [-0.2, 0) is 4.79 Å². The van der Waals surface area contributed by atoms with E-state index in [1.807, 2.05) is 6.07 Å². The van der Waals surface area contributed by atoms with Crippen LogP contribution in [0.5, 0.6) is 0 Å². The second-order valence-corrected chi connectivity index (χ2v) is 12.6. The van der Waals surface area contributed by atoms with Crippen LogP contribution in [0.1, 0.15) is 59.2 Å². The molecule has 5 rings (SSSR count). The monoisotopic (exact) mass is 709 g/mol. The van der Waals surface area contributed by atoms with Crippen molar-refractivity contribution in [1.29, 1.82) is 0 Å². The predicted molar refractivity (Wildman–Crippen MR) is 200 cm³/mol. The Kier molecular flexibility index (Phi) is 13.4. The number of nitrogens with zero attached hydrogens (tertiary/aromatic N) is 2. The molecule has 4 aromatic rings. The number of para-hydroxylation sites is 1. The average Bonchev–Trinajstić information content (AvgIpc) is 3.60. The Balaban J connectivity index is 0.961. The molecule has 1 aliphatic rings.